The minimum atomic E-state index is -4.55. The molecular weight excluding hydrogens is 664 g/mol. The van der Waals surface area contributed by atoms with Crippen LogP contribution in [-0.2, 0) is 23.8 Å². The number of nitrogens with zero attached hydrogens (tertiary/aromatic N) is 4. The van der Waals surface area contributed by atoms with Gasteiger partial charge in [-0.1, -0.05) is 52.8 Å². The van der Waals surface area contributed by atoms with E-state index in [1.807, 2.05) is 41.7 Å². The van der Waals surface area contributed by atoms with E-state index in [9.17, 15) is 24.1 Å². The summed E-state index contributed by atoms with van der Waals surface area (Å²) in [6, 6.07) is 8.65. The summed E-state index contributed by atoms with van der Waals surface area (Å²) in [5.41, 5.74) is 2.94. The first kappa shape index (κ1) is 34.0. The first-order valence-electron chi connectivity index (χ1n) is 13.0. The molecule has 1 fully saturated rings. The predicted octanol–water partition coefficient (Wildman–Crippen LogP) is 3.34. The van der Waals surface area contributed by atoms with E-state index in [1.54, 1.807) is 6.07 Å². The SMILES string of the molecule is CC#N.CO/N=C(/C(=O)N[C@@H]1C(=O)N2C(C(=O)O)=C(Sc3nc(-c4ccc(C)cc4)cs3)CSC12)C1=CC(NP(=O)(O)O)=CC1. The summed E-state index contributed by atoms with van der Waals surface area (Å²) in [4.78, 5) is 67.9. The van der Waals surface area contributed by atoms with Crippen LogP contribution in [0, 0.1) is 18.3 Å². The van der Waals surface area contributed by atoms with Crippen LogP contribution in [0.25, 0.3) is 11.3 Å². The van der Waals surface area contributed by atoms with Gasteiger partial charge in [-0.15, -0.1) is 23.1 Å². The third kappa shape index (κ3) is 8.03. The number of fused-ring (bicyclic) bond motifs is 1. The Morgan fingerprint density at radius 3 is 2.60 bits per heavy atom. The smallest absolute Gasteiger partial charge is 0.427 e. The van der Waals surface area contributed by atoms with Crippen molar-refractivity contribution < 1.29 is 38.7 Å². The normalized spacial score (nSPS) is 19.2. The van der Waals surface area contributed by atoms with Crippen LogP contribution in [0.15, 0.2) is 73.2 Å². The predicted molar refractivity (Wildman–Crippen MR) is 170 cm³/mol. The second-order valence-corrected chi connectivity index (χ2v) is 14.1. The number of aliphatic carboxylic acids is 1. The fraction of sp³-hybridized carbons (Fsp3) is 0.259. The molecule has 2 aliphatic heterocycles. The summed E-state index contributed by atoms with van der Waals surface area (Å²) in [6.45, 7) is 3.43. The Bertz CT molecular complexity index is 1720. The molecule has 18 heteroatoms. The van der Waals surface area contributed by atoms with E-state index >= 15 is 0 Å². The summed E-state index contributed by atoms with van der Waals surface area (Å²) < 4.78 is 11.9. The van der Waals surface area contributed by atoms with E-state index in [1.165, 1.54) is 65.9 Å². The van der Waals surface area contributed by atoms with Crippen molar-refractivity contribution in [2.45, 2.75) is 36.0 Å². The van der Waals surface area contributed by atoms with Crippen molar-refractivity contribution in [1.82, 2.24) is 20.3 Å². The van der Waals surface area contributed by atoms with Crippen molar-refractivity contribution in [3.05, 3.63) is 69.2 Å². The fourth-order valence-corrected chi connectivity index (χ4v) is 8.37. The molecule has 2 aromatic rings. The van der Waals surface area contributed by atoms with E-state index in [4.69, 9.17) is 19.9 Å². The number of amides is 2. The average Bonchev–Trinajstić information content (AvgIpc) is 3.63. The Balaban J connectivity index is 0.00000148. The minimum Gasteiger partial charge on any atom is -0.477 e. The third-order valence-electron chi connectivity index (χ3n) is 6.31. The highest BCUT2D eigenvalue weighted by Gasteiger charge is 2.54. The van der Waals surface area contributed by atoms with Gasteiger partial charge in [-0.2, -0.15) is 5.26 Å². The number of benzene rings is 1. The molecule has 1 unspecified atom stereocenters. The Kier molecular flexibility index (Phi) is 10.9. The van der Waals surface area contributed by atoms with Crippen LogP contribution >= 0.6 is 42.6 Å². The third-order valence-corrected chi connectivity index (χ3v) is 10.3. The summed E-state index contributed by atoms with van der Waals surface area (Å²) in [5.74, 6) is -2.31. The molecule has 0 spiro atoms. The molecule has 2 atom stereocenters. The number of carbonyl (C=O) groups excluding carboxylic acids is 2. The maximum absolute atomic E-state index is 13.2. The van der Waals surface area contributed by atoms with Gasteiger partial charge in [0.25, 0.3) is 11.8 Å². The first-order valence-corrected chi connectivity index (χ1v) is 17.3. The molecule has 1 saturated heterocycles. The van der Waals surface area contributed by atoms with Crippen LogP contribution in [0.2, 0.25) is 0 Å². The number of aryl methyl sites for hydroxylation is 1. The molecular formula is C27H27N6O8PS3. The van der Waals surface area contributed by atoms with Gasteiger partial charge in [0.05, 0.1) is 11.8 Å². The molecule has 1 aliphatic carbocycles. The van der Waals surface area contributed by atoms with Gasteiger partial charge in [-0.3, -0.25) is 19.6 Å². The lowest BCUT2D eigenvalue weighted by Gasteiger charge is -2.49. The number of thioether (sulfide) groups is 2. The second kappa shape index (κ2) is 14.5. The van der Waals surface area contributed by atoms with Gasteiger partial charge in [0.1, 0.15) is 24.2 Å². The molecule has 14 nitrogen and oxygen atoms in total. The highest BCUT2D eigenvalue weighted by atomic mass is 32.2. The van der Waals surface area contributed by atoms with Gasteiger partial charge in [0.2, 0.25) is 0 Å². The van der Waals surface area contributed by atoms with Crippen LogP contribution < -0.4 is 10.4 Å². The zero-order chi connectivity index (χ0) is 32.9. The largest absolute Gasteiger partial charge is 0.477 e. The highest BCUT2D eigenvalue weighted by molar-refractivity contribution is 8.07. The van der Waals surface area contributed by atoms with Gasteiger partial charge in [-0.05, 0) is 25.0 Å². The van der Waals surface area contributed by atoms with Crippen LogP contribution in [0.3, 0.4) is 0 Å². The van der Waals surface area contributed by atoms with Crippen molar-refractivity contribution >= 4 is 66.1 Å². The number of oxime groups is 1. The summed E-state index contributed by atoms with van der Waals surface area (Å²) in [7, 11) is -3.33. The number of nitrogens with one attached hydrogen (secondary N) is 2. The summed E-state index contributed by atoms with van der Waals surface area (Å²) >= 11 is 3.90. The number of allylic oxidation sites excluding steroid dienone is 2. The van der Waals surface area contributed by atoms with Gasteiger partial charge in [-0.25, -0.2) is 14.3 Å². The van der Waals surface area contributed by atoms with Crippen molar-refractivity contribution in [3.8, 4) is 17.3 Å². The molecule has 45 heavy (non-hydrogen) atoms. The Morgan fingerprint density at radius 1 is 1.29 bits per heavy atom. The number of β-lactam (4-membered cyclic amide) rings is 1. The van der Waals surface area contributed by atoms with E-state index in [0.29, 0.717) is 14.8 Å². The second-order valence-electron chi connectivity index (χ2n) is 9.44. The van der Waals surface area contributed by atoms with Crippen LogP contribution in [0.4, 0.5) is 0 Å². The molecule has 1 aromatic carbocycles. The van der Waals surface area contributed by atoms with E-state index in [-0.39, 0.29) is 29.3 Å². The Hall–Kier alpha value is -3.91. The Labute approximate surface area is 270 Å². The lowest BCUT2D eigenvalue weighted by molar-refractivity contribution is -0.150. The number of thiazole rings is 1. The van der Waals surface area contributed by atoms with Gasteiger partial charge in [0, 0.05) is 34.2 Å². The van der Waals surface area contributed by atoms with Crippen molar-refractivity contribution in [2.24, 2.45) is 5.16 Å². The van der Waals surface area contributed by atoms with Gasteiger partial charge < -0.3 is 25.0 Å². The number of hydrogen-bond donors (Lipinski definition) is 5. The molecule has 3 aliphatic rings. The number of carboxylic acids is 1. The number of carboxylic acid groups (broad SMARTS) is 1. The summed E-state index contributed by atoms with van der Waals surface area (Å²) in [6.07, 6.45) is 2.95. The number of rotatable bonds is 10. The first-order chi connectivity index (χ1) is 21.4. The van der Waals surface area contributed by atoms with Gasteiger partial charge >= 0.3 is 13.7 Å². The molecule has 236 valence electrons. The zero-order valence-corrected chi connectivity index (χ0v) is 27.3. The van der Waals surface area contributed by atoms with Crippen LogP contribution in [0.5, 0.6) is 0 Å². The molecule has 3 heterocycles. The standard InChI is InChI=1S/C25H24N5O8PS3.C2H3N/c1-12-3-5-13(6-4-12)16-10-41-25(26-16)42-17-11-40-23-19(22(32)30(23)20(17)24(33)34)27-21(31)18(28-38-2)14-7-8-15(9-14)29-39(35,36)37;1-2-3/h3-6,8-10,19,23H,7,11H2,1-2H3,(H,27,31)(H,33,34)(H3,29,35,36,37);1H3/b28-18+;/t19-,23?;/m1./s1. The van der Waals surface area contributed by atoms with Crippen molar-refractivity contribution in [1.29, 1.82) is 5.26 Å². The number of nitriles is 1. The van der Waals surface area contributed by atoms with E-state index in [2.05, 4.69) is 15.5 Å². The monoisotopic (exact) mass is 690 g/mol. The number of aromatic nitrogens is 1. The lowest BCUT2D eigenvalue weighted by atomic mass is 10.0. The average molecular weight is 691 g/mol. The molecule has 0 bridgehead atoms. The minimum absolute atomic E-state index is 0.108. The summed E-state index contributed by atoms with van der Waals surface area (Å²) in [5, 5.41) is 27.0. The molecule has 5 rings (SSSR count). The van der Waals surface area contributed by atoms with Crippen molar-refractivity contribution in [3.63, 3.8) is 0 Å². The number of hydrogen-bond acceptors (Lipinski definition) is 11. The topological polar surface area (TPSA) is 215 Å². The van der Waals surface area contributed by atoms with Crippen molar-refractivity contribution in [2.75, 3.05) is 12.9 Å². The fourth-order valence-electron chi connectivity index (χ4n) is 4.42. The van der Waals surface area contributed by atoms with Gasteiger partial charge in [0.15, 0.2) is 10.1 Å². The van der Waals surface area contributed by atoms with E-state index < -0.39 is 36.9 Å². The Morgan fingerprint density at radius 2 is 1.98 bits per heavy atom. The highest BCUT2D eigenvalue weighted by Crippen LogP contribution is 2.46. The van der Waals surface area contributed by atoms with E-state index in [0.717, 1.165) is 16.8 Å². The van der Waals surface area contributed by atoms with Crippen LogP contribution in [-0.4, -0.2) is 72.6 Å². The zero-order valence-electron chi connectivity index (χ0n) is 24.0. The molecule has 0 saturated carbocycles. The molecule has 5 N–H and O–H groups in total. The lowest BCUT2D eigenvalue weighted by Crippen LogP contribution is -2.71. The molecule has 1 aromatic heterocycles. The maximum Gasteiger partial charge on any atom is 0.427 e. The molecule has 2 amide bonds. The number of carbonyl (C=O) groups is 3. The van der Waals surface area contributed by atoms with Crippen LogP contribution in [0.1, 0.15) is 18.9 Å². The molecule has 0 radical (unpaired) electrons. The quantitative estimate of drug-likeness (QED) is 0.105. The maximum atomic E-state index is 13.2.